The number of rotatable bonds is 5. The molecule has 0 atom stereocenters. The van der Waals surface area contributed by atoms with Gasteiger partial charge >= 0.3 is 51.9 Å². The van der Waals surface area contributed by atoms with Gasteiger partial charge in [-0.05, 0) is 27.7 Å². The Bertz CT molecular complexity index is 87.0. The molecule has 0 rings (SSSR count). The maximum absolute atomic E-state index is 5.25. The van der Waals surface area contributed by atoms with Gasteiger partial charge < -0.3 is 4.74 Å². The van der Waals surface area contributed by atoms with E-state index >= 15 is 0 Å². The molecule has 0 fully saturated rings. The van der Waals surface area contributed by atoms with E-state index in [0.717, 1.165) is 0 Å². The van der Waals surface area contributed by atoms with E-state index in [1.165, 1.54) is 0 Å². The van der Waals surface area contributed by atoms with Crippen molar-refractivity contribution >= 4 is 16.2 Å². The topological polar surface area (TPSA) is 9.23 Å². The first-order valence-electron chi connectivity index (χ1n) is 6.13. The Kier molecular flexibility index (Phi) is 14.2. The summed E-state index contributed by atoms with van der Waals surface area (Å²) in [6.45, 7) is 15.2. The minimum absolute atomic E-state index is 0.375. The summed E-state index contributed by atoms with van der Waals surface area (Å²) in [6.07, 6.45) is 0.750. The van der Waals surface area contributed by atoms with Gasteiger partial charge in [-0.2, -0.15) is 0 Å². The zero-order chi connectivity index (χ0) is 11.6. The van der Waals surface area contributed by atoms with E-state index in [4.69, 9.17) is 4.74 Å². The van der Waals surface area contributed by atoms with Gasteiger partial charge in [0.25, 0.3) is 0 Å². The molecule has 0 aromatic heterocycles. The average Bonchev–Trinajstić information content (AvgIpc) is 2.06. The Hall–Kier alpha value is 0.596. The molecule has 86 valence electrons. The Morgan fingerprint density at radius 1 is 0.786 bits per heavy atom. The molecule has 2 heteroatoms. The third-order valence-corrected chi connectivity index (χ3v) is 9.54. The zero-order valence-corrected chi connectivity index (χ0v) is 13.7. The van der Waals surface area contributed by atoms with Crippen molar-refractivity contribution in [3.05, 3.63) is 0 Å². The van der Waals surface area contributed by atoms with Gasteiger partial charge in [-0.3, -0.25) is 0 Å². The fourth-order valence-electron chi connectivity index (χ4n) is 1.41. The van der Waals surface area contributed by atoms with Crippen molar-refractivity contribution in [1.29, 1.82) is 0 Å². The molecule has 0 aliphatic carbocycles. The second-order valence-electron chi connectivity index (χ2n) is 4.32. The summed E-state index contributed by atoms with van der Waals surface area (Å²) in [4.78, 5) is 4.62. The molecule has 0 unspecified atom stereocenters. The molecule has 0 bridgehead atoms. The summed E-state index contributed by atoms with van der Waals surface area (Å²) in [7, 11) is 0. The van der Waals surface area contributed by atoms with Crippen LogP contribution in [0.25, 0.3) is 0 Å². The Balaban J connectivity index is 0. The first-order chi connectivity index (χ1) is 6.47. The van der Waals surface area contributed by atoms with Gasteiger partial charge in [0.05, 0.1) is 12.2 Å². The third-order valence-electron chi connectivity index (χ3n) is 2.28. The van der Waals surface area contributed by atoms with Crippen LogP contribution in [0.5, 0.6) is 0 Å². The van der Waals surface area contributed by atoms with E-state index in [1.54, 1.807) is 14.9 Å². The van der Waals surface area contributed by atoms with E-state index in [0.29, 0.717) is 12.2 Å². The fraction of sp³-hybridized carbons (Fsp3) is 1.00. The van der Waals surface area contributed by atoms with Gasteiger partial charge in [-0.25, -0.2) is 0 Å². The van der Waals surface area contributed by atoms with Gasteiger partial charge in [0, 0.05) is 0 Å². The normalized spacial score (nSPS) is 10.1. The quantitative estimate of drug-likeness (QED) is 0.666. The van der Waals surface area contributed by atoms with Crippen molar-refractivity contribution < 1.29 is 4.74 Å². The number of hydrogen-bond acceptors (Lipinski definition) is 1. The predicted octanol–water partition coefficient (Wildman–Crippen LogP) is 4.36. The van der Waals surface area contributed by atoms with Gasteiger partial charge in [-0.15, -0.1) is 0 Å². The minimum atomic E-state index is -0.576. The van der Waals surface area contributed by atoms with Gasteiger partial charge in [0.1, 0.15) is 0 Å². The predicted molar refractivity (Wildman–Crippen MR) is 68.6 cm³/mol. The summed E-state index contributed by atoms with van der Waals surface area (Å²) in [5.74, 6) is 0. The van der Waals surface area contributed by atoms with E-state index in [2.05, 4.69) is 20.8 Å². The Morgan fingerprint density at radius 2 is 1.07 bits per heavy atom. The first-order valence-corrected chi connectivity index (χ1v) is 11.3. The van der Waals surface area contributed by atoms with Crippen LogP contribution in [0.1, 0.15) is 48.5 Å². The van der Waals surface area contributed by atoms with Gasteiger partial charge in [-0.1, -0.05) is 0 Å². The van der Waals surface area contributed by atoms with E-state index in [1.807, 2.05) is 27.7 Å². The van der Waals surface area contributed by atoms with Crippen LogP contribution in [0.15, 0.2) is 0 Å². The third kappa shape index (κ3) is 15.1. The first kappa shape index (κ1) is 17.0. The summed E-state index contributed by atoms with van der Waals surface area (Å²) in [5.41, 5.74) is 0. The van der Waals surface area contributed by atoms with Crippen molar-refractivity contribution in [3.63, 3.8) is 0 Å². The monoisotopic (exact) mass is 258 g/mol. The van der Waals surface area contributed by atoms with E-state index in [-0.39, 0.29) is 0 Å². The Morgan fingerprint density at radius 3 is 1.07 bits per heavy atom. The standard InChI is InChI=1S/C6H14O.3C2H5.Ga/c1-5(2)7-6(3)4;3*1-2;/h5-6H,1-4H3;3*1H2,2H3;. The zero-order valence-electron chi connectivity index (χ0n) is 11.3. The molecule has 0 radical (unpaired) electrons. The SMILES string of the molecule is CC(C)OC(C)C.C[CH2][Ga]([CH2]C)[CH2]C. The molecule has 0 N–H and O–H groups in total. The summed E-state index contributed by atoms with van der Waals surface area (Å²) >= 11 is -0.576. The van der Waals surface area contributed by atoms with Crippen LogP contribution in [0.2, 0.25) is 14.9 Å². The maximum atomic E-state index is 5.25. The summed E-state index contributed by atoms with van der Waals surface area (Å²) < 4.78 is 5.25. The molecule has 0 aliphatic heterocycles. The molecule has 14 heavy (non-hydrogen) atoms. The fourth-order valence-corrected chi connectivity index (χ4v) is 5.04. The molecule has 0 saturated carbocycles. The Labute approximate surface area is 96.6 Å². The van der Waals surface area contributed by atoms with Crippen LogP contribution in [0.3, 0.4) is 0 Å². The molecule has 1 nitrogen and oxygen atoms in total. The molecule has 0 aromatic rings. The molecule has 0 aromatic carbocycles. The molecule has 0 aliphatic rings. The van der Waals surface area contributed by atoms with E-state index in [9.17, 15) is 0 Å². The average molecular weight is 259 g/mol. The molecule has 0 heterocycles. The van der Waals surface area contributed by atoms with Crippen LogP contribution < -0.4 is 0 Å². The van der Waals surface area contributed by atoms with Crippen molar-refractivity contribution in [2.45, 2.75) is 75.6 Å². The number of hydrogen-bond donors (Lipinski definition) is 0. The number of ether oxygens (including phenoxy) is 1. The van der Waals surface area contributed by atoms with E-state index < -0.39 is 16.2 Å². The van der Waals surface area contributed by atoms with Crippen LogP contribution in [0, 0.1) is 0 Å². The second kappa shape index (κ2) is 11.7. The summed E-state index contributed by atoms with van der Waals surface area (Å²) in [5, 5.41) is 0. The van der Waals surface area contributed by atoms with Crippen molar-refractivity contribution in [2.24, 2.45) is 0 Å². The molecular weight excluding hydrogens is 230 g/mol. The van der Waals surface area contributed by atoms with Crippen LogP contribution >= 0.6 is 0 Å². The van der Waals surface area contributed by atoms with Gasteiger partial charge in [0.15, 0.2) is 0 Å². The van der Waals surface area contributed by atoms with Crippen LogP contribution in [0.4, 0.5) is 0 Å². The molecule has 0 saturated heterocycles. The molecular formula is C12H29GaO. The summed E-state index contributed by atoms with van der Waals surface area (Å²) in [6, 6.07) is 0. The molecule has 0 amide bonds. The van der Waals surface area contributed by atoms with Crippen molar-refractivity contribution in [3.8, 4) is 0 Å². The van der Waals surface area contributed by atoms with Crippen LogP contribution in [-0.4, -0.2) is 28.4 Å². The van der Waals surface area contributed by atoms with Crippen LogP contribution in [-0.2, 0) is 4.74 Å². The van der Waals surface area contributed by atoms with Crippen molar-refractivity contribution in [1.82, 2.24) is 0 Å². The molecule has 0 spiro atoms. The second-order valence-corrected chi connectivity index (χ2v) is 13.1. The van der Waals surface area contributed by atoms with Crippen molar-refractivity contribution in [2.75, 3.05) is 0 Å². The van der Waals surface area contributed by atoms with Gasteiger partial charge in [0.2, 0.25) is 0 Å².